The van der Waals surface area contributed by atoms with Crippen LogP contribution in [0.5, 0.6) is 0 Å². The summed E-state index contributed by atoms with van der Waals surface area (Å²) in [5.41, 5.74) is 3.29. The molecule has 5 rings (SSSR count). The van der Waals surface area contributed by atoms with Gasteiger partial charge in [0, 0.05) is 41.1 Å². The summed E-state index contributed by atoms with van der Waals surface area (Å²) >= 11 is 3.40. The van der Waals surface area contributed by atoms with Gasteiger partial charge in [-0.2, -0.15) is 4.98 Å². The molecule has 0 aliphatic rings. The summed E-state index contributed by atoms with van der Waals surface area (Å²) in [7, 11) is 0. The SMILES string of the molecule is c1ccc(-c2csc3ncnc(SCCCc4nc(-c5ccncc5)no4)c23)cc1. The van der Waals surface area contributed by atoms with Gasteiger partial charge in [0.05, 0.1) is 5.39 Å². The fraction of sp³-hybridized carbons (Fsp3) is 0.136. The van der Waals surface area contributed by atoms with Gasteiger partial charge in [-0.3, -0.25) is 4.98 Å². The molecule has 1 aromatic carbocycles. The number of thiophene rings is 1. The molecule has 8 heteroatoms. The molecule has 0 unspecified atom stereocenters. The van der Waals surface area contributed by atoms with Crippen LogP contribution in [0.15, 0.2) is 76.1 Å². The number of thioether (sulfide) groups is 1. The Labute approximate surface area is 181 Å². The van der Waals surface area contributed by atoms with Crippen molar-refractivity contribution in [2.24, 2.45) is 0 Å². The summed E-state index contributed by atoms with van der Waals surface area (Å²) in [5, 5.41) is 8.38. The lowest BCUT2D eigenvalue weighted by Crippen LogP contribution is -1.91. The second-order valence-electron chi connectivity index (χ2n) is 6.57. The summed E-state index contributed by atoms with van der Waals surface area (Å²) < 4.78 is 5.39. The molecule has 4 aromatic heterocycles. The fourth-order valence-electron chi connectivity index (χ4n) is 3.15. The molecule has 6 nitrogen and oxygen atoms in total. The molecule has 4 heterocycles. The van der Waals surface area contributed by atoms with Crippen LogP contribution in [0, 0.1) is 0 Å². The molecular formula is C22H17N5OS2. The van der Waals surface area contributed by atoms with Crippen LogP contribution in [0.1, 0.15) is 12.3 Å². The molecule has 0 N–H and O–H groups in total. The third kappa shape index (κ3) is 3.96. The number of aryl methyl sites for hydroxylation is 1. The second-order valence-corrected chi connectivity index (χ2v) is 8.52. The number of pyridine rings is 1. The quantitative estimate of drug-likeness (QED) is 0.190. The molecule has 148 valence electrons. The number of fused-ring (bicyclic) bond motifs is 1. The Morgan fingerprint density at radius 1 is 0.967 bits per heavy atom. The molecule has 0 aliphatic carbocycles. The van der Waals surface area contributed by atoms with Crippen molar-refractivity contribution in [2.75, 3.05) is 5.75 Å². The molecule has 0 fully saturated rings. The standard InChI is InChI=1S/C22H17N5OS2/c1-2-5-15(6-3-1)17-13-30-22-19(17)21(24-14-25-22)29-12-4-7-18-26-20(27-28-18)16-8-10-23-11-9-16/h1-3,5-6,8-11,13-14H,4,7,12H2. The molecule has 0 amide bonds. The van der Waals surface area contributed by atoms with Crippen LogP contribution in [0.4, 0.5) is 0 Å². The van der Waals surface area contributed by atoms with E-state index in [2.05, 4.69) is 54.7 Å². The number of benzene rings is 1. The van der Waals surface area contributed by atoms with Gasteiger partial charge in [-0.1, -0.05) is 35.5 Å². The van der Waals surface area contributed by atoms with Crippen LogP contribution in [0.25, 0.3) is 32.7 Å². The summed E-state index contributed by atoms with van der Waals surface area (Å²) in [4.78, 5) is 18.5. The molecule has 0 spiro atoms. The molecule has 0 saturated heterocycles. The first kappa shape index (κ1) is 18.9. The maximum atomic E-state index is 5.39. The highest BCUT2D eigenvalue weighted by atomic mass is 32.2. The van der Waals surface area contributed by atoms with Crippen molar-refractivity contribution >= 4 is 33.3 Å². The maximum absolute atomic E-state index is 5.39. The monoisotopic (exact) mass is 431 g/mol. The van der Waals surface area contributed by atoms with E-state index < -0.39 is 0 Å². The first-order valence-electron chi connectivity index (χ1n) is 9.52. The molecule has 0 saturated carbocycles. The van der Waals surface area contributed by atoms with Crippen LogP contribution >= 0.6 is 23.1 Å². The number of nitrogens with zero attached hydrogens (tertiary/aromatic N) is 5. The smallest absolute Gasteiger partial charge is 0.226 e. The van der Waals surface area contributed by atoms with Crippen molar-refractivity contribution in [1.82, 2.24) is 25.1 Å². The van der Waals surface area contributed by atoms with Gasteiger partial charge in [0.15, 0.2) is 0 Å². The minimum absolute atomic E-state index is 0.600. The highest BCUT2D eigenvalue weighted by Crippen LogP contribution is 2.37. The predicted molar refractivity (Wildman–Crippen MR) is 119 cm³/mol. The van der Waals surface area contributed by atoms with Crippen LogP contribution < -0.4 is 0 Å². The van der Waals surface area contributed by atoms with Gasteiger partial charge in [-0.15, -0.1) is 23.1 Å². The van der Waals surface area contributed by atoms with Crippen LogP contribution in [-0.4, -0.2) is 30.8 Å². The zero-order valence-corrected chi connectivity index (χ0v) is 17.6. The van der Waals surface area contributed by atoms with Gasteiger partial charge in [0.25, 0.3) is 0 Å². The van der Waals surface area contributed by atoms with E-state index >= 15 is 0 Å². The zero-order valence-electron chi connectivity index (χ0n) is 15.9. The number of hydrogen-bond acceptors (Lipinski definition) is 8. The minimum atomic E-state index is 0.600. The van der Waals surface area contributed by atoms with E-state index in [4.69, 9.17) is 4.52 Å². The van der Waals surface area contributed by atoms with Gasteiger partial charge < -0.3 is 4.52 Å². The Morgan fingerprint density at radius 3 is 2.70 bits per heavy atom. The fourth-order valence-corrected chi connectivity index (χ4v) is 5.09. The third-order valence-corrected chi connectivity index (χ3v) is 6.56. The van der Waals surface area contributed by atoms with Crippen molar-refractivity contribution in [3.05, 3.63) is 72.5 Å². The second kappa shape index (κ2) is 8.73. The van der Waals surface area contributed by atoms with Crippen molar-refractivity contribution < 1.29 is 4.52 Å². The molecule has 0 atom stereocenters. The first-order valence-corrected chi connectivity index (χ1v) is 11.4. The van der Waals surface area contributed by atoms with Crippen molar-refractivity contribution in [3.8, 4) is 22.5 Å². The van der Waals surface area contributed by atoms with Gasteiger partial charge >= 0.3 is 0 Å². The van der Waals surface area contributed by atoms with Gasteiger partial charge in [0.2, 0.25) is 11.7 Å². The van der Waals surface area contributed by atoms with Crippen LogP contribution in [0.2, 0.25) is 0 Å². The van der Waals surface area contributed by atoms with Crippen molar-refractivity contribution in [3.63, 3.8) is 0 Å². The Kier molecular flexibility index (Phi) is 5.50. The summed E-state index contributed by atoms with van der Waals surface area (Å²) in [6.45, 7) is 0. The van der Waals surface area contributed by atoms with Crippen LogP contribution in [-0.2, 0) is 6.42 Å². The van der Waals surface area contributed by atoms with Gasteiger partial charge in [-0.25, -0.2) is 9.97 Å². The number of hydrogen-bond donors (Lipinski definition) is 0. The molecule has 0 aliphatic heterocycles. The molecular weight excluding hydrogens is 414 g/mol. The van der Waals surface area contributed by atoms with E-state index in [9.17, 15) is 0 Å². The maximum Gasteiger partial charge on any atom is 0.226 e. The summed E-state index contributed by atoms with van der Waals surface area (Å²) in [6, 6.07) is 14.1. The van der Waals surface area contributed by atoms with E-state index in [1.54, 1.807) is 41.8 Å². The third-order valence-electron chi connectivity index (χ3n) is 4.60. The lowest BCUT2D eigenvalue weighted by atomic mass is 10.1. The highest BCUT2D eigenvalue weighted by molar-refractivity contribution is 7.99. The molecule has 0 radical (unpaired) electrons. The van der Waals surface area contributed by atoms with E-state index in [0.717, 1.165) is 39.4 Å². The highest BCUT2D eigenvalue weighted by Gasteiger charge is 2.14. The largest absolute Gasteiger partial charge is 0.339 e. The normalized spacial score (nSPS) is 11.2. The van der Waals surface area contributed by atoms with E-state index in [0.29, 0.717) is 11.7 Å². The lowest BCUT2D eigenvalue weighted by Gasteiger charge is -2.05. The number of rotatable bonds is 7. The van der Waals surface area contributed by atoms with Gasteiger partial charge in [-0.05, 0) is 24.1 Å². The average Bonchev–Trinajstić information content (AvgIpc) is 3.46. The minimum Gasteiger partial charge on any atom is -0.339 e. The Bertz CT molecular complexity index is 1250. The molecule has 30 heavy (non-hydrogen) atoms. The van der Waals surface area contributed by atoms with Gasteiger partial charge in [0.1, 0.15) is 16.2 Å². The van der Waals surface area contributed by atoms with E-state index in [1.807, 2.05) is 18.2 Å². The predicted octanol–water partition coefficient (Wildman–Crippen LogP) is 5.53. The average molecular weight is 432 g/mol. The Balaban J connectivity index is 1.26. The molecule has 5 aromatic rings. The topological polar surface area (TPSA) is 77.6 Å². The van der Waals surface area contributed by atoms with E-state index in [-0.39, 0.29) is 0 Å². The number of aromatic nitrogens is 5. The van der Waals surface area contributed by atoms with Crippen molar-refractivity contribution in [2.45, 2.75) is 17.9 Å². The lowest BCUT2D eigenvalue weighted by molar-refractivity contribution is 0.378. The van der Waals surface area contributed by atoms with Crippen molar-refractivity contribution in [1.29, 1.82) is 0 Å². The molecule has 0 bridgehead atoms. The van der Waals surface area contributed by atoms with Crippen LogP contribution in [0.3, 0.4) is 0 Å². The summed E-state index contributed by atoms with van der Waals surface area (Å²) in [6.07, 6.45) is 6.74. The summed E-state index contributed by atoms with van der Waals surface area (Å²) in [5.74, 6) is 2.16. The Morgan fingerprint density at radius 2 is 1.83 bits per heavy atom. The Hall–Kier alpha value is -3.10. The zero-order chi connectivity index (χ0) is 20.2. The van der Waals surface area contributed by atoms with E-state index in [1.165, 1.54) is 11.1 Å². The first-order chi connectivity index (χ1) is 14.9.